The number of aliphatic hydroxyl groups excluding tert-OH is 2. The molecule has 0 fully saturated rings. The predicted octanol–water partition coefficient (Wildman–Crippen LogP) is 10.3. The molecule has 4 atom stereocenters. The Labute approximate surface area is 370 Å². The van der Waals surface area contributed by atoms with Gasteiger partial charge >= 0.3 is 11.9 Å². The number of ether oxygens (including phenoxy) is 2. The van der Waals surface area contributed by atoms with E-state index in [1.54, 1.807) is 0 Å². The number of likely N-dealkylation sites (N-methyl/N-ethyl adjacent to an activating group) is 1. The van der Waals surface area contributed by atoms with Crippen LogP contribution in [0.2, 0.25) is 0 Å². The largest absolute Gasteiger partial charge is 0.756 e. The number of phosphoric ester groups is 1. The summed E-state index contributed by atoms with van der Waals surface area (Å²) >= 11 is 0. The van der Waals surface area contributed by atoms with Crippen LogP contribution in [0.4, 0.5) is 0 Å². The van der Waals surface area contributed by atoms with Gasteiger partial charge in [0.05, 0.1) is 40.0 Å². The van der Waals surface area contributed by atoms with E-state index in [2.05, 4.69) is 33.8 Å². The molecule has 1 unspecified atom stereocenters. The van der Waals surface area contributed by atoms with E-state index < -0.39 is 44.7 Å². The first-order valence-corrected chi connectivity index (χ1v) is 25.4. The molecule has 1 aromatic rings. The number of aryl methyl sites for hydroxylation is 2. The van der Waals surface area contributed by atoms with Crippen LogP contribution in [0.3, 0.4) is 0 Å². The van der Waals surface area contributed by atoms with E-state index in [-0.39, 0.29) is 26.1 Å². The molecule has 0 aliphatic heterocycles. The summed E-state index contributed by atoms with van der Waals surface area (Å²) in [6.45, 7) is 8.29. The van der Waals surface area contributed by atoms with Gasteiger partial charge < -0.3 is 42.5 Å². The first kappa shape index (κ1) is 57.0. The van der Waals surface area contributed by atoms with Crippen LogP contribution in [0.15, 0.2) is 16.6 Å². The number of carbonyl (C=O) groups is 2. The van der Waals surface area contributed by atoms with Crippen molar-refractivity contribution in [3.63, 3.8) is 0 Å². The Bertz CT molecular complexity index is 1360. The van der Waals surface area contributed by atoms with Crippen LogP contribution >= 0.6 is 7.82 Å². The second-order valence-corrected chi connectivity index (χ2v) is 19.4. The minimum absolute atomic E-state index is 0.0644. The quantitative estimate of drug-likeness (QED) is 0.0212. The van der Waals surface area contributed by atoms with Crippen molar-refractivity contribution in [2.45, 2.75) is 213 Å². The molecule has 0 amide bonds. The molecule has 61 heavy (non-hydrogen) atoms. The Hall–Kier alpha value is -2.05. The van der Waals surface area contributed by atoms with Crippen LogP contribution in [-0.4, -0.2) is 92.5 Å². The summed E-state index contributed by atoms with van der Waals surface area (Å²) in [6, 6.07) is 0. The SMILES string of the molecule is CCCCC/C=C\C[C@H](O)[C@@H](O)CCCCCCCC(=O)O[C@H](COC(=O)CCCCCCCCCCc1oc(CCCCC)c(C)c1C)COP(=O)([O-])OCC[N+](C)(C)C. The monoisotopic (exact) mass is 886 g/mol. The molecule has 0 spiro atoms. The number of allylic oxidation sites excluding steroid dienone is 1. The molecule has 2 N–H and O–H groups in total. The van der Waals surface area contributed by atoms with Crippen molar-refractivity contribution in [3.05, 3.63) is 34.8 Å². The lowest BCUT2D eigenvalue weighted by Gasteiger charge is -2.28. The third-order valence-electron chi connectivity index (χ3n) is 11.2. The molecule has 1 rings (SSSR count). The molecule has 0 saturated heterocycles. The molecular formula is C48H88NO11P. The van der Waals surface area contributed by atoms with E-state index in [4.69, 9.17) is 22.9 Å². The minimum atomic E-state index is -4.68. The summed E-state index contributed by atoms with van der Waals surface area (Å²) in [5, 5.41) is 20.5. The zero-order valence-corrected chi connectivity index (χ0v) is 40.5. The van der Waals surface area contributed by atoms with E-state index in [1.807, 2.05) is 27.2 Å². The van der Waals surface area contributed by atoms with Crippen LogP contribution in [0.5, 0.6) is 0 Å². The molecule has 13 heteroatoms. The molecule has 12 nitrogen and oxygen atoms in total. The van der Waals surface area contributed by atoms with Crippen LogP contribution < -0.4 is 4.89 Å². The number of phosphoric acid groups is 1. The number of unbranched alkanes of at least 4 members (excludes halogenated alkanes) is 16. The molecule has 0 aliphatic carbocycles. The van der Waals surface area contributed by atoms with Crippen molar-refractivity contribution in [2.24, 2.45) is 0 Å². The third-order valence-corrected chi connectivity index (χ3v) is 12.2. The van der Waals surface area contributed by atoms with E-state index in [1.165, 1.54) is 61.8 Å². The predicted molar refractivity (Wildman–Crippen MR) is 242 cm³/mol. The Kier molecular flexibility index (Phi) is 32.1. The highest BCUT2D eigenvalue weighted by molar-refractivity contribution is 7.45. The molecule has 1 aromatic heterocycles. The van der Waals surface area contributed by atoms with Gasteiger partial charge in [-0.2, -0.15) is 0 Å². The number of carbonyl (C=O) groups excluding carboxylic acids is 2. The van der Waals surface area contributed by atoms with E-state index in [9.17, 15) is 29.3 Å². The van der Waals surface area contributed by atoms with Gasteiger partial charge in [-0.3, -0.25) is 14.2 Å². The van der Waals surface area contributed by atoms with Gasteiger partial charge in [0.2, 0.25) is 0 Å². The first-order chi connectivity index (χ1) is 29.1. The second kappa shape index (κ2) is 34.4. The Balaban J connectivity index is 2.38. The van der Waals surface area contributed by atoms with Crippen molar-refractivity contribution in [1.82, 2.24) is 0 Å². The Morgan fingerprint density at radius 2 is 1.21 bits per heavy atom. The highest BCUT2D eigenvalue weighted by Crippen LogP contribution is 2.38. The number of hydrogen-bond acceptors (Lipinski definition) is 11. The molecular weight excluding hydrogens is 797 g/mol. The summed E-state index contributed by atoms with van der Waals surface area (Å²) in [6.07, 6.45) is 25.1. The lowest BCUT2D eigenvalue weighted by molar-refractivity contribution is -0.870. The van der Waals surface area contributed by atoms with Crippen molar-refractivity contribution < 1.29 is 56.7 Å². The lowest BCUT2D eigenvalue weighted by Crippen LogP contribution is -2.37. The number of quaternary nitrogens is 1. The average molecular weight is 886 g/mol. The van der Waals surface area contributed by atoms with Crippen molar-refractivity contribution in [3.8, 4) is 0 Å². The van der Waals surface area contributed by atoms with E-state index in [0.29, 0.717) is 36.7 Å². The van der Waals surface area contributed by atoms with Crippen LogP contribution in [0.1, 0.15) is 191 Å². The lowest BCUT2D eigenvalue weighted by atomic mass is 10.0. The summed E-state index contributed by atoms with van der Waals surface area (Å²) in [7, 11) is 1.05. The molecule has 356 valence electrons. The van der Waals surface area contributed by atoms with E-state index in [0.717, 1.165) is 89.2 Å². The van der Waals surface area contributed by atoms with Gasteiger partial charge in [-0.15, -0.1) is 0 Å². The number of esters is 2. The number of furan rings is 1. The second-order valence-electron chi connectivity index (χ2n) is 18.0. The molecule has 0 bridgehead atoms. The van der Waals surface area contributed by atoms with Gasteiger partial charge in [0.25, 0.3) is 7.82 Å². The van der Waals surface area contributed by atoms with Crippen LogP contribution in [0.25, 0.3) is 0 Å². The molecule has 0 aromatic carbocycles. The average Bonchev–Trinajstić information content (AvgIpc) is 3.47. The van der Waals surface area contributed by atoms with Crippen molar-refractivity contribution in [2.75, 3.05) is 47.5 Å². The third kappa shape index (κ3) is 30.6. The highest BCUT2D eigenvalue weighted by Gasteiger charge is 2.22. The van der Waals surface area contributed by atoms with Gasteiger partial charge in [-0.25, -0.2) is 0 Å². The smallest absolute Gasteiger partial charge is 0.306 e. The zero-order chi connectivity index (χ0) is 45.4. The highest BCUT2D eigenvalue weighted by atomic mass is 31.2. The van der Waals surface area contributed by atoms with Crippen molar-refractivity contribution >= 4 is 19.8 Å². The normalized spacial score (nSPS) is 14.6. The fourth-order valence-electron chi connectivity index (χ4n) is 6.97. The molecule has 0 radical (unpaired) electrons. The van der Waals surface area contributed by atoms with Gasteiger partial charge in [0.15, 0.2) is 6.10 Å². The van der Waals surface area contributed by atoms with Gasteiger partial charge in [-0.05, 0) is 76.3 Å². The minimum Gasteiger partial charge on any atom is -0.756 e. The van der Waals surface area contributed by atoms with Gasteiger partial charge in [-0.1, -0.05) is 116 Å². The van der Waals surface area contributed by atoms with Crippen molar-refractivity contribution in [1.29, 1.82) is 0 Å². The van der Waals surface area contributed by atoms with E-state index >= 15 is 0 Å². The maximum absolute atomic E-state index is 12.7. The summed E-state index contributed by atoms with van der Waals surface area (Å²) in [5.41, 5.74) is 2.64. The van der Waals surface area contributed by atoms with Gasteiger partial charge in [0, 0.05) is 25.7 Å². The molecule has 0 aliphatic rings. The maximum Gasteiger partial charge on any atom is 0.306 e. The molecule has 1 heterocycles. The van der Waals surface area contributed by atoms with Crippen LogP contribution in [0, 0.1) is 13.8 Å². The van der Waals surface area contributed by atoms with Gasteiger partial charge in [0.1, 0.15) is 31.3 Å². The Morgan fingerprint density at radius 1 is 0.689 bits per heavy atom. The van der Waals surface area contributed by atoms with Crippen LogP contribution in [-0.2, 0) is 45.5 Å². The fourth-order valence-corrected chi connectivity index (χ4v) is 7.70. The zero-order valence-electron chi connectivity index (χ0n) is 39.6. The topological polar surface area (TPSA) is 165 Å². The number of rotatable bonds is 40. The number of hydrogen-bond donors (Lipinski definition) is 2. The number of aliphatic hydroxyl groups is 2. The Morgan fingerprint density at radius 3 is 1.80 bits per heavy atom. The summed E-state index contributed by atoms with van der Waals surface area (Å²) in [4.78, 5) is 37.7. The summed E-state index contributed by atoms with van der Waals surface area (Å²) < 4.78 is 40.1. The maximum atomic E-state index is 12.7. The first-order valence-electron chi connectivity index (χ1n) is 23.9. The molecule has 0 saturated carbocycles. The fraction of sp³-hybridized carbons (Fsp3) is 0.833. The number of nitrogens with zero attached hydrogens (tertiary/aromatic N) is 1. The summed E-state index contributed by atoms with van der Waals surface area (Å²) in [5.74, 6) is 1.35. The standard InChI is InChI=1S/C48H88NO11P/c1-8-10-12-13-19-25-30-43(50)44(51)31-26-20-18-23-29-35-48(53)59-42(39-58-61(54,55)57-37-36-49(5,6)7)38-56-47(52)34-28-22-17-15-14-16-21-27-33-46-41(4)40(3)45(60-46)32-24-11-9-2/h19,25,42-44,50-51H,8-18,20-24,26-39H2,1-7H3/b25-19-/t42-,43+,44+/m1/s1.